The Morgan fingerprint density at radius 3 is 2.76 bits per heavy atom. The average molecular weight is 229 g/mol. The van der Waals surface area contributed by atoms with Crippen molar-refractivity contribution in [2.24, 2.45) is 11.3 Å². The molecule has 1 nitrogen and oxygen atoms in total. The van der Waals surface area contributed by atoms with Gasteiger partial charge in [-0.2, -0.15) is 0 Å². The van der Waals surface area contributed by atoms with Gasteiger partial charge in [0.15, 0.2) is 0 Å². The third kappa shape index (κ3) is 1.59. The van der Waals surface area contributed by atoms with Gasteiger partial charge in [0.25, 0.3) is 0 Å². The third-order valence-electron chi connectivity index (χ3n) is 4.97. The van der Waals surface area contributed by atoms with E-state index >= 15 is 0 Å². The summed E-state index contributed by atoms with van der Waals surface area (Å²) in [5.41, 5.74) is 4.88. The number of nitrogens with zero attached hydrogens (tertiary/aromatic N) is 1. The van der Waals surface area contributed by atoms with Crippen molar-refractivity contribution in [2.75, 3.05) is 13.6 Å². The lowest BCUT2D eigenvalue weighted by Gasteiger charge is -2.42. The maximum Gasteiger partial charge on any atom is 0.0356 e. The number of fused-ring (bicyclic) bond motifs is 1. The molecule has 0 bridgehead atoms. The van der Waals surface area contributed by atoms with E-state index in [9.17, 15) is 0 Å². The van der Waals surface area contributed by atoms with Crippen LogP contribution in [-0.2, 0) is 0 Å². The second-order valence-corrected chi connectivity index (χ2v) is 6.29. The van der Waals surface area contributed by atoms with Gasteiger partial charge < -0.3 is 4.90 Å². The van der Waals surface area contributed by atoms with Crippen molar-refractivity contribution in [3.8, 4) is 0 Å². The van der Waals surface area contributed by atoms with Gasteiger partial charge in [0.2, 0.25) is 0 Å². The summed E-state index contributed by atoms with van der Waals surface area (Å²) < 4.78 is 0. The highest BCUT2D eigenvalue weighted by Gasteiger charge is 2.45. The molecule has 17 heavy (non-hydrogen) atoms. The standard InChI is InChI=1S/C16H23N/c1-12-6-8-16(9-7-12)11-13(2)14-5-4-10-17(3)15(14)16/h4-5,12H,2,6-11H2,1,3H3. The van der Waals surface area contributed by atoms with Crippen LogP contribution >= 0.6 is 0 Å². The summed E-state index contributed by atoms with van der Waals surface area (Å²) in [4.78, 5) is 2.46. The van der Waals surface area contributed by atoms with Crippen LogP contribution in [0.1, 0.15) is 39.0 Å². The second-order valence-electron chi connectivity index (χ2n) is 6.29. The Kier molecular flexibility index (Phi) is 2.46. The van der Waals surface area contributed by atoms with Gasteiger partial charge >= 0.3 is 0 Å². The highest BCUT2D eigenvalue weighted by molar-refractivity contribution is 5.52. The highest BCUT2D eigenvalue weighted by Crippen LogP contribution is 2.56. The van der Waals surface area contributed by atoms with Crippen molar-refractivity contribution in [1.29, 1.82) is 0 Å². The number of likely N-dealkylation sites (N-methyl/N-ethyl adjacent to an activating group) is 1. The maximum atomic E-state index is 4.31. The molecule has 0 N–H and O–H groups in total. The summed E-state index contributed by atoms with van der Waals surface area (Å²) in [6.07, 6.45) is 11.3. The van der Waals surface area contributed by atoms with Crippen LogP contribution in [0, 0.1) is 11.3 Å². The fraction of sp³-hybridized carbons (Fsp3) is 0.625. The molecule has 1 spiro atoms. The lowest BCUT2D eigenvalue weighted by molar-refractivity contribution is 0.166. The van der Waals surface area contributed by atoms with Crippen LogP contribution in [0.15, 0.2) is 35.6 Å². The molecule has 0 atom stereocenters. The number of rotatable bonds is 0. The van der Waals surface area contributed by atoms with E-state index in [1.165, 1.54) is 43.3 Å². The Balaban J connectivity index is 1.99. The van der Waals surface area contributed by atoms with Gasteiger partial charge in [-0.05, 0) is 49.2 Å². The molecule has 0 aromatic rings. The van der Waals surface area contributed by atoms with E-state index in [4.69, 9.17) is 0 Å². The summed E-state index contributed by atoms with van der Waals surface area (Å²) in [7, 11) is 2.25. The molecular formula is C16H23N. The quantitative estimate of drug-likeness (QED) is 0.609. The fourth-order valence-electron chi connectivity index (χ4n) is 4.00. The van der Waals surface area contributed by atoms with Gasteiger partial charge in [-0.3, -0.25) is 0 Å². The molecule has 3 aliphatic rings. The summed E-state index contributed by atoms with van der Waals surface area (Å²) in [5.74, 6) is 0.919. The Hall–Kier alpha value is -0.980. The zero-order valence-corrected chi connectivity index (χ0v) is 11.1. The molecule has 1 saturated carbocycles. The van der Waals surface area contributed by atoms with Crippen molar-refractivity contribution in [3.05, 3.63) is 35.6 Å². The molecule has 0 aromatic carbocycles. The highest BCUT2D eigenvalue weighted by atomic mass is 15.1. The van der Waals surface area contributed by atoms with Crippen LogP contribution in [0.2, 0.25) is 0 Å². The predicted octanol–water partition coefficient (Wildman–Crippen LogP) is 3.90. The third-order valence-corrected chi connectivity index (χ3v) is 4.97. The maximum absolute atomic E-state index is 4.31. The second kappa shape index (κ2) is 3.76. The zero-order chi connectivity index (χ0) is 12.0. The fourth-order valence-corrected chi connectivity index (χ4v) is 4.00. The van der Waals surface area contributed by atoms with Crippen LogP contribution in [0.5, 0.6) is 0 Å². The number of allylic oxidation sites excluding steroid dienone is 4. The molecule has 0 radical (unpaired) electrons. The topological polar surface area (TPSA) is 3.24 Å². The molecule has 92 valence electrons. The van der Waals surface area contributed by atoms with Gasteiger partial charge in [-0.15, -0.1) is 0 Å². The first-order valence-corrected chi connectivity index (χ1v) is 6.93. The first-order valence-electron chi connectivity index (χ1n) is 6.93. The molecule has 0 aromatic heterocycles. The predicted molar refractivity (Wildman–Crippen MR) is 72.6 cm³/mol. The summed E-state index contributed by atoms with van der Waals surface area (Å²) in [6.45, 7) is 7.78. The number of hydrogen-bond donors (Lipinski definition) is 0. The van der Waals surface area contributed by atoms with Crippen molar-refractivity contribution in [1.82, 2.24) is 4.90 Å². The summed E-state index contributed by atoms with van der Waals surface area (Å²) in [6, 6.07) is 0. The van der Waals surface area contributed by atoms with Gasteiger partial charge in [-0.25, -0.2) is 0 Å². The monoisotopic (exact) mass is 229 g/mol. The van der Waals surface area contributed by atoms with E-state index in [2.05, 4.69) is 37.6 Å². The van der Waals surface area contributed by atoms with Crippen molar-refractivity contribution < 1.29 is 0 Å². The summed E-state index contributed by atoms with van der Waals surface area (Å²) >= 11 is 0. The molecule has 0 unspecified atom stereocenters. The molecule has 3 rings (SSSR count). The Morgan fingerprint density at radius 2 is 2.06 bits per heavy atom. The minimum absolute atomic E-state index is 0.443. The zero-order valence-electron chi connectivity index (χ0n) is 11.1. The van der Waals surface area contributed by atoms with Crippen molar-refractivity contribution in [3.63, 3.8) is 0 Å². The van der Waals surface area contributed by atoms with Crippen molar-refractivity contribution in [2.45, 2.75) is 39.0 Å². The van der Waals surface area contributed by atoms with Gasteiger partial charge in [0, 0.05) is 24.7 Å². The van der Waals surface area contributed by atoms with Crippen LogP contribution in [-0.4, -0.2) is 18.5 Å². The molecule has 2 aliphatic carbocycles. The van der Waals surface area contributed by atoms with E-state index in [0.717, 1.165) is 12.5 Å². The van der Waals surface area contributed by atoms with E-state index in [-0.39, 0.29) is 0 Å². The Morgan fingerprint density at radius 1 is 1.35 bits per heavy atom. The molecule has 0 saturated heterocycles. The van der Waals surface area contributed by atoms with Crippen LogP contribution in [0.4, 0.5) is 0 Å². The lowest BCUT2D eigenvalue weighted by atomic mass is 9.68. The van der Waals surface area contributed by atoms with E-state index in [1.807, 2.05) is 0 Å². The first kappa shape index (κ1) is 11.1. The van der Waals surface area contributed by atoms with Crippen LogP contribution < -0.4 is 0 Å². The Bertz CT molecular complexity index is 405. The van der Waals surface area contributed by atoms with Crippen molar-refractivity contribution >= 4 is 0 Å². The summed E-state index contributed by atoms with van der Waals surface area (Å²) in [5, 5.41) is 0. The first-order chi connectivity index (χ1) is 8.12. The molecule has 1 heteroatoms. The van der Waals surface area contributed by atoms with E-state index in [0.29, 0.717) is 5.41 Å². The van der Waals surface area contributed by atoms with Gasteiger partial charge in [0.1, 0.15) is 0 Å². The molecule has 1 aliphatic heterocycles. The largest absolute Gasteiger partial charge is 0.373 e. The number of hydrogen-bond acceptors (Lipinski definition) is 1. The van der Waals surface area contributed by atoms with Gasteiger partial charge in [-0.1, -0.05) is 25.7 Å². The SMILES string of the molecule is C=C1CC2(CCC(C)CC2)C2=C1C=CCN2C. The molecule has 1 fully saturated rings. The minimum atomic E-state index is 0.443. The van der Waals surface area contributed by atoms with E-state index < -0.39 is 0 Å². The lowest BCUT2D eigenvalue weighted by Crippen LogP contribution is -2.35. The average Bonchev–Trinajstić information content (AvgIpc) is 2.59. The van der Waals surface area contributed by atoms with E-state index in [1.54, 1.807) is 5.70 Å². The molecular weight excluding hydrogens is 206 g/mol. The molecule has 0 amide bonds. The van der Waals surface area contributed by atoms with Gasteiger partial charge in [0.05, 0.1) is 0 Å². The van der Waals surface area contributed by atoms with Crippen LogP contribution in [0.3, 0.4) is 0 Å². The normalized spacial score (nSPS) is 36.9. The smallest absolute Gasteiger partial charge is 0.0356 e. The van der Waals surface area contributed by atoms with Crippen LogP contribution in [0.25, 0.3) is 0 Å². The minimum Gasteiger partial charge on any atom is -0.373 e. The molecule has 1 heterocycles. The Labute approximate surface area is 105 Å².